The molecule has 0 radical (unpaired) electrons. The maximum atomic E-state index is 12.0. The summed E-state index contributed by atoms with van der Waals surface area (Å²) in [6.45, 7) is 0.251. The van der Waals surface area contributed by atoms with Gasteiger partial charge in [0.15, 0.2) is 11.5 Å². The molecule has 8 heteroatoms. The molecular formula is C13H14N6O2. The molecule has 2 aromatic heterocycles. The number of aromatic nitrogens is 3. The van der Waals surface area contributed by atoms with Gasteiger partial charge in [-0.05, 0) is 12.1 Å². The zero-order valence-electron chi connectivity index (χ0n) is 11.5. The summed E-state index contributed by atoms with van der Waals surface area (Å²) >= 11 is 0. The fourth-order valence-corrected chi connectivity index (χ4v) is 2.11. The van der Waals surface area contributed by atoms with Crippen LogP contribution in [0.15, 0.2) is 29.5 Å². The lowest BCUT2D eigenvalue weighted by atomic mass is 10.1. The van der Waals surface area contributed by atoms with Crippen LogP contribution in [0.2, 0.25) is 0 Å². The van der Waals surface area contributed by atoms with Gasteiger partial charge in [-0.1, -0.05) is 6.07 Å². The van der Waals surface area contributed by atoms with Crippen LogP contribution in [0.25, 0.3) is 5.65 Å². The van der Waals surface area contributed by atoms with E-state index >= 15 is 0 Å². The monoisotopic (exact) mass is 286 g/mol. The Morgan fingerprint density at radius 1 is 1.33 bits per heavy atom. The minimum Gasteiger partial charge on any atom is -0.344 e. The molecule has 1 aliphatic rings. The van der Waals surface area contributed by atoms with Gasteiger partial charge in [-0.25, -0.2) is 5.01 Å². The van der Waals surface area contributed by atoms with E-state index in [4.69, 9.17) is 0 Å². The van der Waals surface area contributed by atoms with Crippen molar-refractivity contribution in [3.63, 3.8) is 0 Å². The molecule has 0 spiro atoms. The molecule has 108 valence electrons. The summed E-state index contributed by atoms with van der Waals surface area (Å²) in [7, 11) is 1.54. The Hall–Kier alpha value is -2.77. The number of carbonyl (C=O) groups is 2. The molecule has 0 aromatic carbocycles. The van der Waals surface area contributed by atoms with Crippen LogP contribution in [0.4, 0.5) is 0 Å². The number of pyridine rings is 1. The number of rotatable bonds is 3. The molecule has 0 aliphatic carbocycles. The molecule has 3 rings (SSSR count). The van der Waals surface area contributed by atoms with Gasteiger partial charge in [-0.15, -0.1) is 10.2 Å². The molecule has 0 unspecified atom stereocenters. The molecular weight excluding hydrogens is 272 g/mol. The summed E-state index contributed by atoms with van der Waals surface area (Å²) in [4.78, 5) is 23.4. The Morgan fingerprint density at radius 2 is 2.19 bits per heavy atom. The summed E-state index contributed by atoms with van der Waals surface area (Å²) in [5, 5.41) is 16.0. The smallest absolute Gasteiger partial charge is 0.267 e. The fraction of sp³-hybridized carbons (Fsp3) is 0.308. The van der Waals surface area contributed by atoms with E-state index in [0.717, 1.165) is 5.65 Å². The van der Waals surface area contributed by atoms with Crippen LogP contribution in [0, 0.1) is 0 Å². The van der Waals surface area contributed by atoms with Crippen LogP contribution in [0.5, 0.6) is 0 Å². The minimum atomic E-state index is -0.290. The quantitative estimate of drug-likeness (QED) is 0.856. The number of amides is 2. The van der Waals surface area contributed by atoms with E-state index in [9.17, 15) is 9.59 Å². The van der Waals surface area contributed by atoms with Crippen molar-refractivity contribution in [3.05, 3.63) is 30.2 Å². The Labute approximate surface area is 120 Å². The lowest BCUT2D eigenvalue weighted by Gasteiger charge is -2.18. The van der Waals surface area contributed by atoms with Gasteiger partial charge in [0.25, 0.3) is 5.91 Å². The number of hydrogen-bond acceptors (Lipinski definition) is 5. The van der Waals surface area contributed by atoms with E-state index in [-0.39, 0.29) is 18.4 Å². The van der Waals surface area contributed by atoms with Crippen molar-refractivity contribution in [1.29, 1.82) is 0 Å². The van der Waals surface area contributed by atoms with E-state index in [2.05, 4.69) is 20.6 Å². The Morgan fingerprint density at radius 3 is 3.00 bits per heavy atom. The number of fused-ring (bicyclic) bond motifs is 1. The predicted molar refractivity (Wildman–Crippen MR) is 74.3 cm³/mol. The maximum absolute atomic E-state index is 12.0. The summed E-state index contributed by atoms with van der Waals surface area (Å²) in [5.41, 5.74) is 1.08. The van der Waals surface area contributed by atoms with Crippen molar-refractivity contribution in [3.8, 4) is 0 Å². The van der Waals surface area contributed by atoms with Gasteiger partial charge >= 0.3 is 0 Å². The first-order valence-electron chi connectivity index (χ1n) is 6.56. The third kappa shape index (κ3) is 2.60. The molecule has 0 fully saturated rings. The van der Waals surface area contributed by atoms with Gasteiger partial charge in [-0.2, -0.15) is 5.10 Å². The average Bonchev–Trinajstić information content (AvgIpc) is 2.91. The molecule has 21 heavy (non-hydrogen) atoms. The number of nitrogens with zero attached hydrogens (tertiary/aromatic N) is 5. The van der Waals surface area contributed by atoms with Crippen molar-refractivity contribution in [2.24, 2.45) is 5.10 Å². The molecule has 2 amide bonds. The van der Waals surface area contributed by atoms with E-state index < -0.39 is 0 Å². The summed E-state index contributed by atoms with van der Waals surface area (Å²) in [5.74, 6) is 0.261. The topological polar surface area (TPSA) is 92.0 Å². The van der Waals surface area contributed by atoms with Gasteiger partial charge in [0, 0.05) is 26.1 Å². The highest BCUT2D eigenvalue weighted by molar-refractivity contribution is 6.39. The van der Waals surface area contributed by atoms with Crippen LogP contribution in [0.1, 0.15) is 18.7 Å². The highest BCUT2D eigenvalue weighted by atomic mass is 16.2. The SMILES string of the molecule is CN1N=C(C(=O)NCc2nnc3ccccn23)CCC1=O. The number of carbonyl (C=O) groups excluding carboxylic acids is 2. The first kappa shape index (κ1) is 13.2. The van der Waals surface area contributed by atoms with Crippen LogP contribution >= 0.6 is 0 Å². The van der Waals surface area contributed by atoms with E-state index in [1.807, 2.05) is 24.4 Å². The molecule has 2 aromatic rings. The largest absolute Gasteiger partial charge is 0.344 e. The normalized spacial score (nSPS) is 15.2. The number of hydrazone groups is 1. The highest BCUT2D eigenvalue weighted by Gasteiger charge is 2.22. The van der Waals surface area contributed by atoms with Crippen LogP contribution < -0.4 is 5.32 Å². The third-order valence-corrected chi connectivity index (χ3v) is 3.26. The Balaban J connectivity index is 1.69. The fourth-order valence-electron chi connectivity index (χ4n) is 2.11. The van der Waals surface area contributed by atoms with Gasteiger partial charge < -0.3 is 5.32 Å². The predicted octanol–water partition coefficient (Wildman–Crippen LogP) is -0.0463. The third-order valence-electron chi connectivity index (χ3n) is 3.26. The standard InChI is InChI=1S/C13H14N6O2/c1-18-12(20)6-5-9(17-18)13(21)14-8-11-16-15-10-4-2-3-7-19(10)11/h2-4,7H,5-6,8H2,1H3,(H,14,21). The molecule has 0 bridgehead atoms. The summed E-state index contributed by atoms with van der Waals surface area (Å²) in [6.07, 6.45) is 2.49. The van der Waals surface area contributed by atoms with Crippen molar-refractivity contribution in [2.75, 3.05) is 7.05 Å². The van der Waals surface area contributed by atoms with Crippen molar-refractivity contribution < 1.29 is 9.59 Å². The van der Waals surface area contributed by atoms with E-state index in [1.54, 1.807) is 11.4 Å². The molecule has 3 heterocycles. The van der Waals surface area contributed by atoms with Gasteiger partial charge in [0.05, 0.1) is 6.54 Å². The molecule has 1 aliphatic heterocycles. The van der Waals surface area contributed by atoms with E-state index in [1.165, 1.54) is 5.01 Å². The Kier molecular flexibility index (Phi) is 3.35. The molecule has 0 saturated heterocycles. The zero-order chi connectivity index (χ0) is 14.8. The lowest BCUT2D eigenvalue weighted by Crippen LogP contribution is -2.37. The first-order valence-corrected chi connectivity index (χ1v) is 6.56. The second-order valence-electron chi connectivity index (χ2n) is 4.69. The average molecular weight is 286 g/mol. The zero-order valence-corrected chi connectivity index (χ0v) is 11.5. The summed E-state index contributed by atoms with van der Waals surface area (Å²) in [6, 6.07) is 5.58. The second kappa shape index (κ2) is 5.31. The van der Waals surface area contributed by atoms with Crippen molar-refractivity contribution in [1.82, 2.24) is 24.9 Å². The number of hydrogen-bond donors (Lipinski definition) is 1. The van der Waals surface area contributed by atoms with Gasteiger partial charge in [-0.3, -0.25) is 14.0 Å². The number of nitrogens with one attached hydrogen (secondary N) is 1. The lowest BCUT2D eigenvalue weighted by molar-refractivity contribution is -0.130. The molecule has 0 atom stereocenters. The second-order valence-corrected chi connectivity index (χ2v) is 4.69. The highest BCUT2D eigenvalue weighted by Crippen LogP contribution is 2.07. The van der Waals surface area contributed by atoms with Crippen molar-refractivity contribution >= 4 is 23.2 Å². The maximum Gasteiger partial charge on any atom is 0.267 e. The molecule has 0 saturated carbocycles. The van der Waals surface area contributed by atoms with E-state index in [0.29, 0.717) is 24.4 Å². The minimum absolute atomic E-state index is 0.0880. The molecule has 8 nitrogen and oxygen atoms in total. The first-order chi connectivity index (χ1) is 10.1. The molecule has 1 N–H and O–H groups in total. The van der Waals surface area contributed by atoms with Crippen LogP contribution in [-0.4, -0.2) is 44.2 Å². The van der Waals surface area contributed by atoms with Crippen LogP contribution in [-0.2, 0) is 16.1 Å². The Bertz CT molecular complexity index is 735. The van der Waals surface area contributed by atoms with Crippen molar-refractivity contribution in [2.45, 2.75) is 19.4 Å². The van der Waals surface area contributed by atoms with Gasteiger partial charge in [0.1, 0.15) is 5.71 Å². The van der Waals surface area contributed by atoms with Crippen LogP contribution in [0.3, 0.4) is 0 Å². The van der Waals surface area contributed by atoms with Gasteiger partial charge in [0.2, 0.25) is 5.91 Å². The summed E-state index contributed by atoms with van der Waals surface area (Å²) < 4.78 is 1.80.